The molecule has 0 saturated heterocycles. The number of hydrogen-bond acceptors (Lipinski definition) is 4. The predicted molar refractivity (Wildman–Crippen MR) is 83.4 cm³/mol. The maximum atomic E-state index is 11.7. The van der Waals surface area contributed by atoms with Gasteiger partial charge in [-0.1, -0.05) is 47.5 Å². The maximum Gasteiger partial charge on any atom is 0.250 e. The Bertz CT molecular complexity index is 655. The van der Waals surface area contributed by atoms with Crippen LogP contribution in [-0.2, 0) is 11.2 Å². The van der Waals surface area contributed by atoms with Gasteiger partial charge in [0.1, 0.15) is 5.01 Å². The first-order valence-corrected chi connectivity index (χ1v) is 7.42. The second-order valence-corrected chi connectivity index (χ2v) is 5.75. The zero-order valence-corrected chi connectivity index (χ0v) is 12.9. The van der Waals surface area contributed by atoms with Gasteiger partial charge >= 0.3 is 0 Å². The van der Waals surface area contributed by atoms with Crippen molar-refractivity contribution in [1.82, 2.24) is 10.2 Å². The third-order valence-electron chi connectivity index (χ3n) is 2.38. The smallest absolute Gasteiger partial charge is 0.250 e. The molecule has 0 spiro atoms. The summed E-state index contributed by atoms with van der Waals surface area (Å²) in [6.07, 6.45) is 3.81. The lowest BCUT2D eigenvalue weighted by Gasteiger charge is -1.99. The van der Waals surface area contributed by atoms with Gasteiger partial charge in [-0.15, -0.1) is 10.2 Å². The number of amides is 1. The Labute approximate surface area is 130 Å². The van der Waals surface area contributed by atoms with Gasteiger partial charge in [0.2, 0.25) is 11.0 Å². The van der Waals surface area contributed by atoms with Crippen LogP contribution in [0.15, 0.2) is 24.3 Å². The molecule has 1 heterocycles. The summed E-state index contributed by atoms with van der Waals surface area (Å²) in [6, 6.07) is 5.08. The summed E-state index contributed by atoms with van der Waals surface area (Å²) >= 11 is 13.2. The van der Waals surface area contributed by atoms with Gasteiger partial charge in [-0.25, -0.2) is 0 Å². The first kappa shape index (κ1) is 15.0. The second kappa shape index (κ2) is 6.83. The molecule has 1 aromatic carbocycles. The van der Waals surface area contributed by atoms with E-state index in [1.165, 1.54) is 17.4 Å². The molecule has 104 valence electrons. The van der Waals surface area contributed by atoms with E-state index in [2.05, 4.69) is 15.5 Å². The molecule has 0 aliphatic heterocycles. The van der Waals surface area contributed by atoms with E-state index in [1.54, 1.807) is 24.3 Å². The molecule has 1 amide bonds. The van der Waals surface area contributed by atoms with Crippen LogP contribution in [0.2, 0.25) is 10.0 Å². The number of carbonyl (C=O) groups excluding carboxylic acids is 1. The number of anilines is 1. The van der Waals surface area contributed by atoms with E-state index in [1.807, 2.05) is 6.92 Å². The Morgan fingerprint density at radius 2 is 2.20 bits per heavy atom. The minimum atomic E-state index is -0.283. The highest BCUT2D eigenvalue weighted by atomic mass is 35.5. The highest BCUT2D eigenvalue weighted by Gasteiger charge is 2.05. The molecule has 0 unspecified atom stereocenters. The Morgan fingerprint density at radius 3 is 2.85 bits per heavy atom. The van der Waals surface area contributed by atoms with E-state index in [4.69, 9.17) is 23.2 Å². The molecule has 4 nitrogen and oxygen atoms in total. The van der Waals surface area contributed by atoms with Gasteiger partial charge < -0.3 is 0 Å². The van der Waals surface area contributed by atoms with Gasteiger partial charge in [0.05, 0.1) is 0 Å². The van der Waals surface area contributed by atoms with Gasteiger partial charge in [0, 0.05) is 16.1 Å². The van der Waals surface area contributed by atoms with E-state index in [0.717, 1.165) is 17.0 Å². The van der Waals surface area contributed by atoms with Crippen molar-refractivity contribution >= 4 is 51.7 Å². The minimum absolute atomic E-state index is 0.283. The van der Waals surface area contributed by atoms with E-state index < -0.39 is 0 Å². The minimum Gasteiger partial charge on any atom is -0.297 e. The third-order valence-corrected chi connectivity index (χ3v) is 3.92. The molecule has 20 heavy (non-hydrogen) atoms. The fourth-order valence-corrected chi connectivity index (χ4v) is 2.55. The second-order valence-electron chi connectivity index (χ2n) is 3.84. The predicted octanol–water partition coefficient (Wildman–Crippen LogP) is 4.06. The third kappa shape index (κ3) is 4.03. The number of nitrogens with one attached hydrogen (secondary N) is 1. The van der Waals surface area contributed by atoms with Crippen molar-refractivity contribution in [3.63, 3.8) is 0 Å². The van der Waals surface area contributed by atoms with E-state index in [9.17, 15) is 4.79 Å². The zero-order chi connectivity index (χ0) is 14.5. The van der Waals surface area contributed by atoms with E-state index in [0.29, 0.717) is 15.2 Å². The molecule has 1 N–H and O–H groups in total. The maximum absolute atomic E-state index is 11.7. The first-order valence-electron chi connectivity index (χ1n) is 5.85. The Balaban J connectivity index is 2.01. The normalized spacial score (nSPS) is 10.9. The molecule has 7 heteroatoms. The average Bonchev–Trinajstić information content (AvgIpc) is 2.85. The Hall–Kier alpha value is -1.43. The van der Waals surface area contributed by atoms with Crippen molar-refractivity contribution in [2.75, 3.05) is 5.32 Å². The summed E-state index contributed by atoms with van der Waals surface area (Å²) in [6.45, 7) is 1.98. The highest BCUT2D eigenvalue weighted by Crippen LogP contribution is 2.22. The fraction of sp³-hybridized carbons (Fsp3) is 0.154. The average molecular weight is 328 g/mol. The van der Waals surface area contributed by atoms with Crippen LogP contribution in [0.25, 0.3) is 6.08 Å². The number of halogens is 2. The number of aryl methyl sites for hydroxylation is 1. The number of rotatable bonds is 4. The number of benzene rings is 1. The monoisotopic (exact) mass is 327 g/mol. The zero-order valence-electron chi connectivity index (χ0n) is 10.6. The van der Waals surface area contributed by atoms with Crippen molar-refractivity contribution in [2.45, 2.75) is 13.3 Å². The van der Waals surface area contributed by atoms with E-state index in [-0.39, 0.29) is 5.91 Å². The first-order chi connectivity index (χ1) is 9.58. The molecule has 2 rings (SSSR count). The molecule has 0 radical (unpaired) electrons. The lowest BCUT2D eigenvalue weighted by molar-refractivity contribution is -0.111. The van der Waals surface area contributed by atoms with Crippen LogP contribution in [0.4, 0.5) is 5.13 Å². The van der Waals surface area contributed by atoms with Crippen molar-refractivity contribution < 1.29 is 4.79 Å². The molecule has 1 aromatic heterocycles. The fourth-order valence-electron chi connectivity index (χ4n) is 1.40. The number of carbonyl (C=O) groups is 1. The van der Waals surface area contributed by atoms with Gasteiger partial charge in [-0.3, -0.25) is 10.1 Å². The van der Waals surface area contributed by atoms with Crippen LogP contribution < -0.4 is 5.32 Å². The van der Waals surface area contributed by atoms with E-state index >= 15 is 0 Å². The molecular formula is C13H11Cl2N3OS. The molecule has 0 atom stereocenters. The van der Waals surface area contributed by atoms with Crippen LogP contribution in [0, 0.1) is 0 Å². The van der Waals surface area contributed by atoms with Gasteiger partial charge in [-0.05, 0) is 30.2 Å². The van der Waals surface area contributed by atoms with Gasteiger partial charge in [0.25, 0.3) is 0 Å². The molecular weight excluding hydrogens is 317 g/mol. The van der Waals surface area contributed by atoms with Crippen LogP contribution in [0.5, 0.6) is 0 Å². The summed E-state index contributed by atoms with van der Waals surface area (Å²) in [5.74, 6) is -0.283. The quantitative estimate of drug-likeness (QED) is 0.861. The topological polar surface area (TPSA) is 54.9 Å². The Morgan fingerprint density at radius 1 is 1.40 bits per heavy atom. The van der Waals surface area contributed by atoms with Crippen LogP contribution in [0.1, 0.15) is 17.5 Å². The van der Waals surface area contributed by atoms with Crippen molar-refractivity contribution in [1.29, 1.82) is 0 Å². The molecule has 2 aromatic rings. The summed E-state index contributed by atoms with van der Waals surface area (Å²) in [5, 5.41) is 12.9. The SMILES string of the molecule is CCc1nnc(NC(=O)/C=C/c2ccc(Cl)cc2Cl)s1. The summed E-state index contributed by atoms with van der Waals surface area (Å²) < 4.78 is 0. The summed E-state index contributed by atoms with van der Waals surface area (Å²) in [5.41, 5.74) is 0.720. The molecule has 0 aliphatic carbocycles. The largest absolute Gasteiger partial charge is 0.297 e. The highest BCUT2D eigenvalue weighted by molar-refractivity contribution is 7.15. The summed E-state index contributed by atoms with van der Waals surface area (Å²) in [7, 11) is 0. The molecule has 0 fully saturated rings. The van der Waals surface area contributed by atoms with Crippen molar-refractivity contribution in [3.8, 4) is 0 Å². The molecule has 0 aliphatic rings. The van der Waals surface area contributed by atoms with Crippen LogP contribution >= 0.6 is 34.5 Å². The number of nitrogens with zero attached hydrogens (tertiary/aromatic N) is 2. The standard InChI is InChI=1S/C13H11Cl2N3OS/c1-2-12-17-18-13(20-12)16-11(19)6-4-8-3-5-9(14)7-10(8)15/h3-7H,2H2,1H3,(H,16,18,19)/b6-4+. The van der Waals surface area contributed by atoms with Gasteiger partial charge in [-0.2, -0.15) is 0 Å². The number of aromatic nitrogens is 2. The number of hydrogen-bond donors (Lipinski definition) is 1. The lowest BCUT2D eigenvalue weighted by atomic mass is 10.2. The van der Waals surface area contributed by atoms with Crippen LogP contribution in [0.3, 0.4) is 0 Å². The molecule has 0 saturated carbocycles. The van der Waals surface area contributed by atoms with Crippen LogP contribution in [-0.4, -0.2) is 16.1 Å². The van der Waals surface area contributed by atoms with Crippen molar-refractivity contribution in [2.24, 2.45) is 0 Å². The van der Waals surface area contributed by atoms with Gasteiger partial charge in [0.15, 0.2) is 0 Å². The Kier molecular flexibility index (Phi) is 5.11. The summed E-state index contributed by atoms with van der Waals surface area (Å²) in [4.78, 5) is 11.7. The molecule has 0 bridgehead atoms. The van der Waals surface area contributed by atoms with Crippen molar-refractivity contribution in [3.05, 3.63) is 44.9 Å². The lowest BCUT2D eigenvalue weighted by Crippen LogP contribution is -2.07.